The molecule has 1 aromatic heterocycles. The van der Waals surface area contributed by atoms with E-state index in [0.717, 1.165) is 34.0 Å². The summed E-state index contributed by atoms with van der Waals surface area (Å²) in [7, 11) is -4.03. The van der Waals surface area contributed by atoms with E-state index < -0.39 is 27.9 Å². The van der Waals surface area contributed by atoms with Crippen LogP contribution in [-0.2, 0) is 32.5 Å². The second-order valence-corrected chi connectivity index (χ2v) is 10.2. The van der Waals surface area contributed by atoms with Crippen molar-refractivity contribution in [1.29, 1.82) is 0 Å². The molecule has 180 valence electrons. The average molecular weight is 486 g/mol. The van der Waals surface area contributed by atoms with Crippen LogP contribution in [0.1, 0.15) is 47.9 Å². The van der Waals surface area contributed by atoms with Crippen LogP contribution >= 0.6 is 0 Å². The maximum absolute atomic E-state index is 13.2. The van der Waals surface area contributed by atoms with Gasteiger partial charge in [-0.25, -0.2) is 18.4 Å². The minimum Gasteiger partial charge on any atom is -0.396 e. The van der Waals surface area contributed by atoms with E-state index in [9.17, 15) is 18.0 Å². The lowest BCUT2D eigenvalue weighted by Gasteiger charge is -2.32. The van der Waals surface area contributed by atoms with Crippen LogP contribution in [0.5, 0.6) is 0 Å². The fourth-order valence-electron chi connectivity index (χ4n) is 4.16. The predicted molar refractivity (Wildman–Crippen MR) is 123 cm³/mol. The predicted octanol–water partition coefficient (Wildman–Crippen LogP) is 0.864. The van der Waals surface area contributed by atoms with Gasteiger partial charge in [0.05, 0.1) is 24.0 Å². The Bertz CT molecular complexity index is 1210. The van der Waals surface area contributed by atoms with Crippen LogP contribution in [0.2, 0.25) is 0 Å². The number of carbonyl (C=O) groups is 2. The van der Waals surface area contributed by atoms with Gasteiger partial charge in [0.15, 0.2) is 0 Å². The standard InChI is InChI=1S/C23H27N5O5S/c1-15-5-7-16(8-6-15)34(32,33)28-11-10-24-23(31)20(28)13-22(30)27-19-4-2-3-18-17(19)14-25-21(26-18)9-12-29/h5-8,10-11,14,19-20,29H,2-4,9,12-13H2,1H3,(H,24,31)(H,27,30)/t19-,20+/m0/s1. The number of aliphatic hydroxyl groups is 1. The molecule has 4 rings (SSSR count). The van der Waals surface area contributed by atoms with Crippen molar-refractivity contribution in [3.8, 4) is 0 Å². The van der Waals surface area contributed by atoms with Crippen molar-refractivity contribution in [3.63, 3.8) is 0 Å². The zero-order chi connectivity index (χ0) is 24.3. The molecule has 3 N–H and O–H groups in total. The van der Waals surface area contributed by atoms with Gasteiger partial charge < -0.3 is 15.7 Å². The van der Waals surface area contributed by atoms with Gasteiger partial charge in [-0.15, -0.1) is 0 Å². The number of nitrogens with one attached hydrogen (secondary N) is 2. The number of fused-ring (bicyclic) bond motifs is 1. The number of nitrogens with zero attached hydrogens (tertiary/aromatic N) is 3. The molecule has 0 saturated heterocycles. The smallest absolute Gasteiger partial charge is 0.264 e. The van der Waals surface area contributed by atoms with Crippen LogP contribution in [0.4, 0.5) is 0 Å². The van der Waals surface area contributed by atoms with Crippen molar-refractivity contribution in [2.24, 2.45) is 0 Å². The second kappa shape index (κ2) is 9.90. The van der Waals surface area contributed by atoms with Gasteiger partial charge in [-0.1, -0.05) is 17.7 Å². The number of rotatable bonds is 7. The molecule has 1 aromatic carbocycles. The molecule has 10 nitrogen and oxygen atoms in total. The van der Waals surface area contributed by atoms with Crippen molar-refractivity contribution in [2.45, 2.75) is 56.0 Å². The summed E-state index contributed by atoms with van der Waals surface area (Å²) in [4.78, 5) is 34.3. The summed E-state index contributed by atoms with van der Waals surface area (Å²) in [6.45, 7) is 1.80. The Kier molecular flexibility index (Phi) is 6.94. The van der Waals surface area contributed by atoms with E-state index >= 15 is 0 Å². The van der Waals surface area contributed by atoms with Crippen LogP contribution in [0.15, 0.2) is 47.8 Å². The molecule has 2 heterocycles. The molecule has 11 heteroatoms. The largest absolute Gasteiger partial charge is 0.396 e. The van der Waals surface area contributed by atoms with Gasteiger partial charge in [-0.2, -0.15) is 0 Å². The Balaban J connectivity index is 1.51. The van der Waals surface area contributed by atoms with Crippen LogP contribution in [0.3, 0.4) is 0 Å². The summed E-state index contributed by atoms with van der Waals surface area (Å²) in [5.41, 5.74) is 2.54. The summed E-state index contributed by atoms with van der Waals surface area (Å²) < 4.78 is 27.3. The molecule has 2 aliphatic rings. The van der Waals surface area contributed by atoms with Crippen LogP contribution < -0.4 is 10.6 Å². The van der Waals surface area contributed by atoms with Gasteiger partial charge in [-0.3, -0.25) is 13.9 Å². The number of amides is 2. The lowest BCUT2D eigenvalue weighted by Crippen LogP contribution is -2.51. The molecule has 2 aromatic rings. The molecule has 0 radical (unpaired) electrons. The number of benzene rings is 1. The lowest BCUT2D eigenvalue weighted by molar-refractivity contribution is -0.129. The summed E-state index contributed by atoms with van der Waals surface area (Å²) in [6.07, 6.45) is 6.46. The highest BCUT2D eigenvalue weighted by atomic mass is 32.2. The highest BCUT2D eigenvalue weighted by Gasteiger charge is 2.37. The maximum atomic E-state index is 13.2. The Morgan fingerprint density at radius 3 is 2.79 bits per heavy atom. The third kappa shape index (κ3) is 4.95. The average Bonchev–Trinajstić information content (AvgIpc) is 2.81. The van der Waals surface area contributed by atoms with E-state index in [1.165, 1.54) is 24.5 Å². The monoisotopic (exact) mass is 485 g/mol. The molecule has 0 bridgehead atoms. The molecule has 1 aliphatic carbocycles. The minimum atomic E-state index is -4.03. The van der Waals surface area contributed by atoms with Gasteiger partial charge in [0.25, 0.3) is 10.0 Å². The van der Waals surface area contributed by atoms with Crippen molar-refractivity contribution >= 4 is 21.8 Å². The van der Waals surface area contributed by atoms with Crippen molar-refractivity contribution in [2.75, 3.05) is 6.61 Å². The van der Waals surface area contributed by atoms with Crippen LogP contribution in [0, 0.1) is 6.92 Å². The first-order valence-corrected chi connectivity index (χ1v) is 12.6. The number of hydrogen-bond donors (Lipinski definition) is 3. The molecular weight excluding hydrogens is 458 g/mol. The number of aryl methyl sites for hydroxylation is 2. The van der Waals surface area contributed by atoms with E-state index in [-0.39, 0.29) is 24.0 Å². The second-order valence-electron chi connectivity index (χ2n) is 8.37. The summed E-state index contributed by atoms with van der Waals surface area (Å²) in [5.74, 6) is -0.470. The Morgan fingerprint density at radius 1 is 1.29 bits per heavy atom. The number of sulfonamides is 1. The van der Waals surface area contributed by atoms with Crippen molar-refractivity contribution in [3.05, 3.63) is 65.5 Å². The van der Waals surface area contributed by atoms with Gasteiger partial charge in [0.2, 0.25) is 11.8 Å². The number of aliphatic hydroxyl groups excluding tert-OH is 1. The fraction of sp³-hybridized carbons (Fsp3) is 0.391. The van der Waals surface area contributed by atoms with Gasteiger partial charge in [0.1, 0.15) is 11.9 Å². The lowest BCUT2D eigenvalue weighted by atomic mass is 9.92. The Morgan fingerprint density at radius 2 is 2.06 bits per heavy atom. The molecule has 1 aliphatic heterocycles. The molecule has 2 amide bonds. The third-order valence-corrected chi connectivity index (χ3v) is 7.73. The Hall–Kier alpha value is -3.31. The minimum absolute atomic E-state index is 0.0416. The molecule has 0 unspecified atom stereocenters. The van der Waals surface area contributed by atoms with Crippen LogP contribution in [0.25, 0.3) is 0 Å². The first-order chi connectivity index (χ1) is 16.3. The van der Waals surface area contributed by atoms with Gasteiger partial charge in [0, 0.05) is 36.3 Å². The molecule has 0 spiro atoms. The van der Waals surface area contributed by atoms with E-state index in [0.29, 0.717) is 18.7 Å². The van der Waals surface area contributed by atoms with E-state index in [4.69, 9.17) is 5.11 Å². The molecule has 0 fully saturated rings. The zero-order valence-electron chi connectivity index (χ0n) is 18.8. The van der Waals surface area contributed by atoms with E-state index in [1.54, 1.807) is 18.3 Å². The van der Waals surface area contributed by atoms with E-state index in [1.807, 2.05) is 6.92 Å². The van der Waals surface area contributed by atoms with E-state index in [2.05, 4.69) is 20.6 Å². The normalized spacial score (nSPS) is 19.9. The quantitative estimate of drug-likeness (QED) is 0.528. The molecule has 34 heavy (non-hydrogen) atoms. The summed E-state index contributed by atoms with van der Waals surface area (Å²) in [6, 6.07) is 4.76. The molecule has 2 atom stereocenters. The highest BCUT2D eigenvalue weighted by molar-refractivity contribution is 7.89. The van der Waals surface area contributed by atoms with Crippen molar-refractivity contribution < 1.29 is 23.1 Å². The molecular formula is C23H27N5O5S. The zero-order valence-corrected chi connectivity index (χ0v) is 19.6. The summed E-state index contributed by atoms with van der Waals surface area (Å²) in [5, 5.41) is 14.5. The fourth-order valence-corrected chi connectivity index (χ4v) is 5.61. The number of hydrogen-bond acceptors (Lipinski definition) is 7. The van der Waals surface area contributed by atoms with Crippen molar-refractivity contribution in [1.82, 2.24) is 24.9 Å². The first-order valence-electron chi connectivity index (χ1n) is 11.1. The van der Waals surface area contributed by atoms with Gasteiger partial charge in [-0.05, 0) is 38.3 Å². The first kappa shape index (κ1) is 23.8. The highest BCUT2D eigenvalue weighted by Crippen LogP contribution is 2.29. The molecule has 0 saturated carbocycles. The number of carbonyl (C=O) groups excluding carboxylic acids is 2. The van der Waals surface area contributed by atoms with Gasteiger partial charge >= 0.3 is 0 Å². The number of aromatic nitrogens is 2. The third-order valence-electron chi connectivity index (χ3n) is 5.93. The summed E-state index contributed by atoms with van der Waals surface area (Å²) >= 11 is 0. The maximum Gasteiger partial charge on any atom is 0.264 e. The SMILES string of the molecule is Cc1ccc(S(=O)(=O)N2C=CNC(=O)[C@H]2CC(=O)N[C@H]2CCCc3nc(CCO)ncc32)cc1. The van der Waals surface area contributed by atoms with Crippen LogP contribution in [-0.4, -0.2) is 52.3 Å². The topological polar surface area (TPSA) is 142 Å². The Labute approximate surface area is 198 Å².